The molecular weight excluding hydrogens is 508 g/mol. The summed E-state index contributed by atoms with van der Waals surface area (Å²) in [7, 11) is 1.95. The molecule has 0 aliphatic carbocycles. The highest BCUT2D eigenvalue weighted by molar-refractivity contribution is 6.05. The van der Waals surface area contributed by atoms with Gasteiger partial charge in [0.1, 0.15) is 6.04 Å². The Balaban J connectivity index is 1.13. The third-order valence-corrected chi connectivity index (χ3v) is 7.38. The maximum Gasteiger partial charge on any atom is 0.255 e. The summed E-state index contributed by atoms with van der Waals surface area (Å²) in [6.07, 6.45) is -0.0462. The van der Waals surface area contributed by atoms with Crippen molar-refractivity contribution in [3.63, 3.8) is 0 Å². The van der Waals surface area contributed by atoms with Gasteiger partial charge in [-0.15, -0.1) is 0 Å². The molecule has 40 heavy (non-hydrogen) atoms. The first-order chi connectivity index (χ1) is 19.3. The zero-order valence-corrected chi connectivity index (χ0v) is 22.3. The Labute approximate surface area is 232 Å². The maximum atomic E-state index is 12.9. The van der Waals surface area contributed by atoms with E-state index in [1.807, 2.05) is 60.5 Å². The van der Waals surface area contributed by atoms with Crippen molar-refractivity contribution in [3.8, 4) is 0 Å². The van der Waals surface area contributed by atoms with Crippen LogP contribution in [0, 0.1) is 0 Å². The molecule has 206 valence electrons. The second-order valence-electron chi connectivity index (χ2n) is 10.4. The fourth-order valence-electron chi connectivity index (χ4n) is 5.24. The Morgan fingerprint density at radius 2 is 1.77 bits per heavy atom. The number of aliphatic hydroxyl groups is 1. The molecule has 0 radical (unpaired) electrons. The van der Waals surface area contributed by atoms with Crippen LogP contribution in [0.3, 0.4) is 0 Å². The molecule has 2 atom stereocenters. The van der Waals surface area contributed by atoms with Crippen LogP contribution in [-0.4, -0.2) is 58.2 Å². The first-order valence-electron chi connectivity index (χ1n) is 13.3. The molecule has 3 aromatic carbocycles. The molecule has 0 bridgehead atoms. The molecule has 3 aromatic rings. The molecule has 2 aliphatic heterocycles. The Morgan fingerprint density at radius 1 is 1.05 bits per heavy atom. The molecular formula is C31H32N4O5. The van der Waals surface area contributed by atoms with Gasteiger partial charge in [0.25, 0.3) is 11.8 Å². The predicted octanol–water partition coefficient (Wildman–Crippen LogP) is 2.54. The van der Waals surface area contributed by atoms with Crippen molar-refractivity contribution in [2.75, 3.05) is 13.6 Å². The van der Waals surface area contributed by atoms with Crippen molar-refractivity contribution in [2.45, 2.75) is 44.6 Å². The molecule has 3 N–H and O–H groups in total. The highest BCUT2D eigenvalue weighted by atomic mass is 16.3. The molecule has 2 heterocycles. The van der Waals surface area contributed by atoms with Crippen molar-refractivity contribution in [2.24, 2.45) is 0 Å². The summed E-state index contributed by atoms with van der Waals surface area (Å²) in [6, 6.07) is 21.7. The van der Waals surface area contributed by atoms with Crippen molar-refractivity contribution in [3.05, 3.63) is 106 Å². The standard InChI is InChI=1S/C31H32N4O5/c1-34(19-27(36)22-5-3-2-4-6-22)17-20-7-10-23(11-8-20)29(38)32-16-21-9-12-25-24(15-21)18-35(31(25)40)26-13-14-28(37)33-30(26)39/h2-12,15,26-27,36H,13-14,16-19H2,1H3,(H,32,38)(H,33,37,39). The minimum atomic E-state index is -0.655. The first-order valence-corrected chi connectivity index (χ1v) is 13.3. The Kier molecular flexibility index (Phi) is 8.04. The Bertz CT molecular complexity index is 1420. The van der Waals surface area contributed by atoms with E-state index in [1.165, 1.54) is 4.90 Å². The lowest BCUT2D eigenvalue weighted by molar-refractivity contribution is -0.136. The Hall–Kier alpha value is -4.34. The molecule has 1 fully saturated rings. The Morgan fingerprint density at radius 3 is 2.50 bits per heavy atom. The third kappa shape index (κ3) is 6.11. The van der Waals surface area contributed by atoms with Crippen LogP contribution in [0.1, 0.15) is 61.9 Å². The lowest BCUT2D eigenvalue weighted by Crippen LogP contribution is -2.52. The normalized spacial score (nSPS) is 17.5. The number of imide groups is 1. The van der Waals surface area contributed by atoms with Gasteiger partial charge in [-0.25, -0.2) is 0 Å². The fraction of sp³-hybridized carbons (Fsp3) is 0.290. The number of aliphatic hydroxyl groups excluding tert-OH is 1. The number of carbonyl (C=O) groups is 4. The van der Waals surface area contributed by atoms with Crippen molar-refractivity contribution < 1.29 is 24.3 Å². The smallest absolute Gasteiger partial charge is 0.255 e. The highest BCUT2D eigenvalue weighted by Gasteiger charge is 2.39. The highest BCUT2D eigenvalue weighted by Crippen LogP contribution is 2.28. The van der Waals surface area contributed by atoms with Crippen LogP contribution in [0.2, 0.25) is 0 Å². The van der Waals surface area contributed by atoms with E-state index < -0.39 is 18.1 Å². The third-order valence-electron chi connectivity index (χ3n) is 7.38. The van der Waals surface area contributed by atoms with Crippen molar-refractivity contribution in [1.82, 2.24) is 20.4 Å². The van der Waals surface area contributed by atoms with Gasteiger partial charge in [-0.2, -0.15) is 0 Å². The minimum absolute atomic E-state index is 0.207. The molecule has 2 unspecified atom stereocenters. The average molecular weight is 541 g/mol. The first kappa shape index (κ1) is 27.2. The van der Waals surface area contributed by atoms with Gasteiger partial charge in [-0.1, -0.05) is 54.6 Å². The van der Waals surface area contributed by atoms with Gasteiger partial charge in [-0.3, -0.25) is 29.4 Å². The number of nitrogens with zero attached hydrogens (tertiary/aromatic N) is 2. The van der Waals surface area contributed by atoms with Crippen LogP contribution in [-0.2, 0) is 29.2 Å². The number of amides is 4. The number of benzene rings is 3. The molecule has 0 spiro atoms. The van der Waals surface area contributed by atoms with Gasteiger partial charge in [0, 0.05) is 43.7 Å². The number of piperidine rings is 1. The van der Waals surface area contributed by atoms with E-state index in [-0.39, 0.29) is 24.1 Å². The zero-order valence-electron chi connectivity index (χ0n) is 22.3. The molecule has 2 aliphatic rings. The zero-order chi connectivity index (χ0) is 28.2. The van der Waals surface area contributed by atoms with E-state index in [2.05, 4.69) is 10.6 Å². The van der Waals surface area contributed by atoms with Crippen LogP contribution >= 0.6 is 0 Å². The van der Waals surface area contributed by atoms with E-state index in [1.54, 1.807) is 24.3 Å². The summed E-state index contributed by atoms with van der Waals surface area (Å²) >= 11 is 0. The molecule has 9 heteroatoms. The molecule has 0 saturated carbocycles. The number of hydrogen-bond donors (Lipinski definition) is 3. The molecule has 5 rings (SSSR count). The SMILES string of the molecule is CN(Cc1ccc(C(=O)NCc2ccc3c(c2)CN(C2CCC(=O)NC2=O)C3=O)cc1)CC(O)c1ccccc1. The topological polar surface area (TPSA) is 119 Å². The second-order valence-corrected chi connectivity index (χ2v) is 10.4. The van der Waals surface area contributed by atoms with Crippen LogP contribution in [0.15, 0.2) is 72.8 Å². The fourth-order valence-corrected chi connectivity index (χ4v) is 5.24. The van der Waals surface area contributed by atoms with E-state index in [4.69, 9.17) is 0 Å². The summed E-state index contributed by atoms with van der Waals surface area (Å²) in [6.45, 7) is 1.71. The van der Waals surface area contributed by atoms with Gasteiger partial charge < -0.3 is 15.3 Å². The van der Waals surface area contributed by atoms with Gasteiger partial charge >= 0.3 is 0 Å². The average Bonchev–Trinajstić information content (AvgIpc) is 3.27. The van der Waals surface area contributed by atoms with Crippen LogP contribution < -0.4 is 10.6 Å². The second kappa shape index (κ2) is 11.8. The van der Waals surface area contributed by atoms with E-state index >= 15 is 0 Å². The molecule has 0 aromatic heterocycles. The summed E-state index contributed by atoms with van der Waals surface area (Å²) < 4.78 is 0. The van der Waals surface area contributed by atoms with E-state index in [0.717, 1.165) is 22.3 Å². The summed E-state index contributed by atoms with van der Waals surface area (Å²) in [4.78, 5) is 52.9. The van der Waals surface area contributed by atoms with Gasteiger partial charge in [0.05, 0.1) is 6.10 Å². The molecule has 9 nitrogen and oxygen atoms in total. The number of fused-ring (bicyclic) bond motifs is 1. The number of hydrogen-bond acceptors (Lipinski definition) is 6. The maximum absolute atomic E-state index is 12.9. The summed E-state index contributed by atoms with van der Waals surface area (Å²) in [5.74, 6) is -1.18. The largest absolute Gasteiger partial charge is 0.387 e. The monoisotopic (exact) mass is 540 g/mol. The summed E-state index contributed by atoms with van der Waals surface area (Å²) in [5, 5.41) is 15.7. The van der Waals surface area contributed by atoms with Crippen molar-refractivity contribution in [1.29, 1.82) is 0 Å². The number of likely N-dealkylation sites (N-methyl/N-ethyl adjacent to an activating group) is 1. The van der Waals surface area contributed by atoms with Gasteiger partial charge in [-0.05, 0) is 53.9 Å². The van der Waals surface area contributed by atoms with E-state index in [0.29, 0.717) is 43.7 Å². The quantitative estimate of drug-likeness (QED) is 0.359. The van der Waals surface area contributed by atoms with Crippen LogP contribution in [0.4, 0.5) is 0 Å². The predicted molar refractivity (Wildman–Crippen MR) is 148 cm³/mol. The van der Waals surface area contributed by atoms with Gasteiger partial charge in [0.2, 0.25) is 11.8 Å². The van der Waals surface area contributed by atoms with Gasteiger partial charge in [0.15, 0.2) is 0 Å². The van der Waals surface area contributed by atoms with E-state index in [9.17, 15) is 24.3 Å². The lowest BCUT2D eigenvalue weighted by Gasteiger charge is -2.29. The number of nitrogens with one attached hydrogen (secondary N) is 2. The lowest BCUT2D eigenvalue weighted by atomic mass is 10.0. The number of rotatable bonds is 9. The number of carbonyl (C=O) groups excluding carboxylic acids is 4. The van der Waals surface area contributed by atoms with Crippen LogP contribution in [0.25, 0.3) is 0 Å². The summed E-state index contributed by atoms with van der Waals surface area (Å²) in [5.41, 5.74) is 4.63. The minimum Gasteiger partial charge on any atom is -0.387 e. The molecule has 4 amide bonds. The molecule has 1 saturated heterocycles. The van der Waals surface area contributed by atoms with Crippen LogP contribution in [0.5, 0.6) is 0 Å². The van der Waals surface area contributed by atoms with Crippen molar-refractivity contribution >= 4 is 23.6 Å².